The molecule has 5 heteroatoms. The molecule has 5 heterocycles. The van der Waals surface area contributed by atoms with Crippen molar-refractivity contribution in [3.8, 4) is 11.4 Å². The van der Waals surface area contributed by atoms with Crippen LogP contribution in [-0.4, -0.2) is 18.9 Å². The molecule has 0 saturated carbocycles. The van der Waals surface area contributed by atoms with Crippen LogP contribution in [0.15, 0.2) is 43.1 Å². The van der Waals surface area contributed by atoms with Crippen LogP contribution < -0.4 is 4.57 Å². The largest absolute Gasteiger partial charge is 0.304 e. The van der Waals surface area contributed by atoms with Gasteiger partial charge >= 0.3 is 0 Å². The van der Waals surface area contributed by atoms with Gasteiger partial charge in [-0.05, 0) is 12.1 Å². The van der Waals surface area contributed by atoms with Crippen molar-refractivity contribution < 1.29 is 8.68 Å². The van der Waals surface area contributed by atoms with E-state index in [1.807, 2.05) is 27.4 Å². The van der Waals surface area contributed by atoms with E-state index in [9.17, 15) is 0 Å². The summed E-state index contributed by atoms with van der Waals surface area (Å²) in [6, 6.07) is 5.66. The number of fused-ring (bicyclic) bond motifs is 7. The smallest absolute Gasteiger partial charge is 0.256 e. The van der Waals surface area contributed by atoms with Crippen molar-refractivity contribution in [3.05, 3.63) is 48.7 Å². The Balaban J connectivity index is 2.02. The maximum Gasteiger partial charge on any atom is 0.256 e. The van der Waals surface area contributed by atoms with Crippen molar-refractivity contribution in [3.63, 3.8) is 0 Å². The van der Waals surface area contributed by atoms with Crippen LogP contribution >= 0.6 is 0 Å². The summed E-state index contributed by atoms with van der Waals surface area (Å²) in [6.07, 6.45) is 6.98. The van der Waals surface area contributed by atoms with Crippen LogP contribution in [0.3, 0.4) is 0 Å². The van der Waals surface area contributed by atoms with Gasteiger partial charge in [0.05, 0.1) is 11.7 Å². The number of imidazole rings is 2. The maximum atomic E-state index is 7.97. The molecule has 96 valence electrons. The molecule has 1 aliphatic rings. The molecule has 0 fully saturated rings. The standard InChI is InChI=1S/C15H12N5/c1-18-11-4-6-16-7-12(11)20-9-19-8-10-3-2-5-17-13(10)14(19)15(18)20/h2-7,9H,8H2,1H3/q+1/i1D3. The first-order valence-corrected chi connectivity index (χ1v) is 6.39. The molecule has 0 amide bonds. The molecule has 5 rings (SSSR count). The summed E-state index contributed by atoms with van der Waals surface area (Å²) in [6.45, 7) is -1.59. The van der Waals surface area contributed by atoms with Gasteiger partial charge in [0.25, 0.3) is 12.0 Å². The molecule has 20 heavy (non-hydrogen) atoms. The SMILES string of the molecule is [2H]C([2H])([2H])n1c2ccncc2n2c[n+]3c(c12)-c1ncccc1C3. The predicted molar refractivity (Wildman–Crippen MR) is 74.2 cm³/mol. The van der Waals surface area contributed by atoms with Crippen molar-refractivity contribution in [1.29, 1.82) is 0 Å². The van der Waals surface area contributed by atoms with Crippen molar-refractivity contribution in [2.24, 2.45) is 6.98 Å². The molecule has 0 bridgehead atoms. The van der Waals surface area contributed by atoms with E-state index in [2.05, 4.69) is 9.97 Å². The first kappa shape index (κ1) is 7.79. The van der Waals surface area contributed by atoms with Crippen molar-refractivity contribution in [2.45, 2.75) is 6.54 Å². The predicted octanol–water partition coefficient (Wildman–Crippen LogP) is 1.54. The maximum absolute atomic E-state index is 7.97. The van der Waals surface area contributed by atoms with Gasteiger partial charge < -0.3 is 4.57 Å². The summed E-state index contributed by atoms with van der Waals surface area (Å²) in [4.78, 5) is 8.61. The number of pyridine rings is 2. The van der Waals surface area contributed by atoms with E-state index >= 15 is 0 Å². The molecule has 4 aromatic rings. The fourth-order valence-corrected chi connectivity index (χ4v) is 3.08. The van der Waals surface area contributed by atoms with Gasteiger partial charge in [-0.2, -0.15) is 4.40 Å². The minimum absolute atomic E-state index is 0.630. The van der Waals surface area contributed by atoms with Gasteiger partial charge in [-0.25, -0.2) is 4.57 Å². The van der Waals surface area contributed by atoms with E-state index in [1.165, 1.54) is 4.57 Å². The number of rotatable bonds is 0. The van der Waals surface area contributed by atoms with Gasteiger partial charge in [-0.3, -0.25) is 9.97 Å². The average molecular weight is 265 g/mol. The van der Waals surface area contributed by atoms with E-state index in [-0.39, 0.29) is 0 Å². The second-order valence-corrected chi connectivity index (χ2v) is 5.00. The number of aryl methyl sites for hydroxylation is 1. The summed E-state index contributed by atoms with van der Waals surface area (Å²) in [7, 11) is 0. The molecule has 0 atom stereocenters. The second-order valence-electron chi connectivity index (χ2n) is 5.00. The number of nitrogens with zero attached hydrogens (tertiary/aromatic N) is 5. The summed E-state index contributed by atoms with van der Waals surface area (Å²) in [5, 5.41) is 0. The normalized spacial score (nSPS) is 15.9. The average Bonchev–Trinajstić information content (AvgIpc) is 3.12. The van der Waals surface area contributed by atoms with Gasteiger partial charge in [0.1, 0.15) is 12.2 Å². The fourth-order valence-electron chi connectivity index (χ4n) is 3.08. The third-order valence-corrected chi connectivity index (χ3v) is 3.93. The molecule has 0 saturated heterocycles. The van der Waals surface area contributed by atoms with Crippen LogP contribution in [-0.2, 0) is 13.5 Å². The molecule has 4 aromatic heterocycles. The van der Waals surface area contributed by atoms with Gasteiger partial charge in [-0.1, -0.05) is 6.07 Å². The van der Waals surface area contributed by atoms with Gasteiger partial charge in [0.2, 0.25) is 5.69 Å². The lowest BCUT2D eigenvalue weighted by Gasteiger charge is -1.94. The molecule has 0 N–H and O–H groups in total. The fraction of sp³-hybridized carbons (Fsp3) is 0.133. The summed E-state index contributed by atoms with van der Waals surface area (Å²) >= 11 is 0. The van der Waals surface area contributed by atoms with Gasteiger partial charge in [0, 0.05) is 29.0 Å². The monoisotopic (exact) mass is 265 g/mol. The first-order chi connectivity index (χ1) is 11.1. The summed E-state index contributed by atoms with van der Waals surface area (Å²) in [5.41, 5.74) is 4.83. The highest BCUT2D eigenvalue weighted by Gasteiger charge is 2.33. The Morgan fingerprint density at radius 1 is 1.30 bits per heavy atom. The van der Waals surface area contributed by atoms with E-state index in [0.717, 1.165) is 22.5 Å². The Hall–Kier alpha value is -2.69. The number of hydrogen-bond acceptors (Lipinski definition) is 2. The van der Waals surface area contributed by atoms with E-state index in [0.29, 0.717) is 17.7 Å². The van der Waals surface area contributed by atoms with Crippen LogP contribution in [0.25, 0.3) is 28.1 Å². The lowest BCUT2D eigenvalue weighted by atomic mass is 10.2. The zero-order valence-electron chi connectivity index (χ0n) is 13.5. The lowest BCUT2D eigenvalue weighted by Crippen LogP contribution is -2.29. The first-order valence-electron chi connectivity index (χ1n) is 7.89. The molecular weight excluding hydrogens is 250 g/mol. The van der Waals surface area contributed by atoms with Gasteiger partial charge in [0.15, 0.2) is 5.52 Å². The third-order valence-electron chi connectivity index (χ3n) is 3.93. The topological polar surface area (TPSA) is 39.0 Å². The Morgan fingerprint density at radius 2 is 2.30 bits per heavy atom. The molecule has 5 nitrogen and oxygen atoms in total. The van der Waals surface area contributed by atoms with Gasteiger partial charge in [-0.15, -0.1) is 0 Å². The minimum atomic E-state index is -2.28. The minimum Gasteiger partial charge on any atom is -0.304 e. The van der Waals surface area contributed by atoms with Crippen molar-refractivity contribution >= 4 is 16.7 Å². The Morgan fingerprint density at radius 3 is 3.25 bits per heavy atom. The molecule has 0 aliphatic carbocycles. The quantitative estimate of drug-likeness (QED) is 0.398. The van der Waals surface area contributed by atoms with Crippen molar-refractivity contribution in [2.75, 3.05) is 0 Å². The van der Waals surface area contributed by atoms with Crippen LogP contribution in [0.1, 0.15) is 9.68 Å². The Labute approximate surface area is 119 Å². The zero-order chi connectivity index (χ0) is 15.8. The van der Waals surface area contributed by atoms with Crippen LogP contribution in [0.4, 0.5) is 0 Å². The Bertz CT molecular complexity index is 1090. The molecule has 1 aliphatic heterocycles. The lowest BCUT2D eigenvalue weighted by molar-refractivity contribution is -0.671. The third kappa shape index (κ3) is 1.02. The molecular formula is C15H12N5+. The molecule has 0 unspecified atom stereocenters. The highest BCUT2D eigenvalue weighted by Crippen LogP contribution is 2.31. The molecule has 0 spiro atoms. The van der Waals surface area contributed by atoms with Crippen LogP contribution in [0, 0.1) is 0 Å². The highest BCUT2D eigenvalue weighted by atomic mass is 15.2. The zero-order valence-corrected chi connectivity index (χ0v) is 10.5. The van der Waals surface area contributed by atoms with E-state index in [1.54, 1.807) is 24.7 Å². The van der Waals surface area contributed by atoms with E-state index in [4.69, 9.17) is 4.11 Å². The number of hydrogen-bond donors (Lipinski definition) is 0. The van der Waals surface area contributed by atoms with Crippen LogP contribution in [0.2, 0.25) is 0 Å². The Kier molecular flexibility index (Phi) is 1.27. The highest BCUT2D eigenvalue weighted by molar-refractivity contribution is 5.86. The van der Waals surface area contributed by atoms with Crippen molar-refractivity contribution in [1.82, 2.24) is 18.9 Å². The number of aromatic nitrogens is 5. The molecule has 0 aromatic carbocycles. The summed E-state index contributed by atoms with van der Waals surface area (Å²) < 4.78 is 29.3. The van der Waals surface area contributed by atoms with E-state index < -0.39 is 6.98 Å². The summed E-state index contributed by atoms with van der Waals surface area (Å²) in [5.74, 6) is 0. The molecule has 0 radical (unpaired) electrons. The van der Waals surface area contributed by atoms with Crippen LogP contribution in [0.5, 0.6) is 0 Å². The second kappa shape index (κ2) is 3.25.